The third kappa shape index (κ3) is 2.82. The maximum absolute atomic E-state index is 4.56. The van der Waals surface area contributed by atoms with Gasteiger partial charge in [-0.15, -0.1) is 0 Å². The molecule has 21 heavy (non-hydrogen) atoms. The highest BCUT2D eigenvalue weighted by atomic mass is 32.1. The number of fused-ring (bicyclic) bond motifs is 1. The number of anilines is 2. The quantitative estimate of drug-likeness (QED) is 0.709. The van der Waals surface area contributed by atoms with Crippen LogP contribution < -0.4 is 10.6 Å². The summed E-state index contributed by atoms with van der Waals surface area (Å²) in [4.78, 5) is 8.87. The zero-order valence-corrected chi connectivity index (χ0v) is 13.2. The molecule has 0 radical (unpaired) electrons. The number of aromatic nitrogens is 4. The number of thiazole rings is 1. The van der Waals surface area contributed by atoms with Crippen molar-refractivity contribution < 1.29 is 0 Å². The fourth-order valence-electron chi connectivity index (χ4n) is 2.18. The molecule has 0 aliphatic rings. The van der Waals surface area contributed by atoms with Crippen molar-refractivity contribution in [3.05, 3.63) is 29.6 Å². The number of aryl methyl sites for hydroxylation is 3. The van der Waals surface area contributed by atoms with Gasteiger partial charge in [0.05, 0.1) is 10.4 Å². The lowest BCUT2D eigenvalue weighted by atomic mass is 10.3. The average Bonchev–Trinajstić information content (AvgIpc) is 2.99. The predicted octanol–water partition coefficient (Wildman–Crippen LogP) is 2.57. The highest BCUT2D eigenvalue weighted by molar-refractivity contribution is 7.22. The molecular weight excluding hydrogens is 284 g/mol. The third-order valence-electron chi connectivity index (χ3n) is 3.25. The number of nitrogens with one attached hydrogen (secondary N) is 2. The van der Waals surface area contributed by atoms with E-state index in [1.807, 2.05) is 37.7 Å². The van der Waals surface area contributed by atoms with Gasteiger partial charge < -0.3 is 10.6 Å². The van der Waals surface area contributed by atoms with Crippen LogP contribution in [-0.2, 0) is 7.05 Å². The molecule has 0 aromatic carbocycles. The number of hydrogen-bond acceptors (Lipinski definition) is 6. The van der Waals surface area contributed by atoms with E-state index in [2.05, 4.69) is 25.7 Å². The van der Waals surface area contributed by atoms with Crippen LogP contribution in [0.15, 0.2) is 18.3 Å². The van der Waals surface area contributed by atoms with Gasteiger partial charge >= 0.3 is 0 Å². The van der Waals surface area contributed by atoms with Gasteiger partial charge in [-0.05, 0) is 25.5 Å². The van der Waals surface area contributed by atoms with Gasteiger partial charge in [-0.2, -0.15) is 5.10 Å². The molecule has 0 spiro atoms. The van der Waals surface area contributed by atoms with Crippen LogP contribution in [0.5, 0.6) is 0 Å². The van der Waals surface area contributed by atoms with Crippen LogP contribution >= 0.6 is 11.3 Å². The maximum Gasteiger partial charge on any atom is 0.185 e. The van der Waals surface area contributed by atoms with Crippen molar-refractivity contribution in [2.24, 2.45) is 7.05 Å². The summed E-state index contributed by atoms with van der Waals surface area (Å²) < 4.78 is 2.97. The molecule has 7 heteroatoms. The minimum Gasteiger partial charge on any atom is -0.368 e. The fraction of sp³-hybridized carbons (Fsp3) is 0.357. The zero-order valence-electron chi connectivity index (χ0n) is 12.3. The van der Waals surface area contributed by atoms with E-state index < -0.39 is 0 Å². The SMILES string of the molecule is Cc1cccnc1NCCNc1nc2c(s1)c(C)nn2C. The van der Waals surface area contributed by atoms with Crippen molar-refractivity contribution in [1.29, 1.82) is 0 Å². The Morgan fingerprint density at radius 2 is 2.05 bits per heavy atom. The second-order valence-corrected chi connectivity index (χ2v) is 5.90. The average molecular weight is 302 g/mol. The lowest BCUT2D eigenvalue weighted by Crippen LogP contribution is -2.14. The molecule has 0 amide bonds. The molecule has 0 bridgehead atoms. The normalized spacial score (nSPS) is 11.0. The largest absolute Gasteiger partial charge is 0.368 e. The smallest absolute Gasteiger partial charge is 0.185 e. The van der Waals surface area contributed by atoms with Crippen molar-refractivity contribution in [3.63, 3.8) is 0 Å². The second kappa shape index (κ2) is 5.69. The molecule has 6 nitrogen and oxygen atoms in total. The lowest BCUT2D eigenvalue weighted by Gasteiger charge is -2.08. The summed E-state index contributed by atoms with van der Waals surface area (Å²) in [5.41, 5.74) is 3.12. The number of nitrogens with zero attached hydrogens (tertiary/aromatic N) is 4. The minimum absolute atomic E-state index is 0.794. The summed E-state index contributed by atoms with van der Waals surface area (Å²) in [6.45, 7) is 5.65. The van der Waals surface area contributed by atoms with Crippen molar-refractivity contribution in [1.82, 2.24) is 19.7 Å². The Bertz CT molecular complexity index is 726. The van der Waals surface area contributed by atoms with Gasteiger partial charge in [0, 0.05) is 26.3 Å². The second-order valence-electron chi connectivity index (χ2n) is 4.90. The molecule has 0 unspecified atom stereocenters. The van der Waals surface area contributed by atoms with Crippen LogP contribution in [0.1, 0.15) is 11.3 Å². The molecule has 3 aromatic rings. The first kappa shape index (κ1) is 13.8. The van der Waals surface area contributed by atoms with Crippen LogP contribution in [-0.4, -0.2) is 32.8 Å². The molecule has 0 saturated heterocycles. The van der Waals surface area contributed by atoms with Crippen molar-refractivity contribution in [2.45, 2.75) is 13.8 Å². The monoisotopic (exact) mass is 302 g/mol. The highest BCUT2D eigenvalue weighted by Gasteiger charge is 2.11. The molecule has 110 valence electrons. The fourth-order valence-corrected chi connectivity index (χ4v) is 3.14. The molecule has 0 atom stereocenters. The van der Waals surface area contributed by atoms with E-state index in [0.29, 0.717) is 0 Å². The molecule has 0 aliphatic heterocycles. The van der Waals surface area contributed by atoms with Gasteiger partial charge in [0.2, 0.25) is 0 Å². The van der Waals surface area contributed by atoms with Crippen molar-refractivity contribution in [2.75, 3.05) is 23.7 Å². The Labute approximate surface area is 127 Å². The first-order valence-corrected chi connectivity index (χ1v) is 7.66. The predicted molar refractivity (Wildman–Crippen MR) is 87.1 cm³/mol. The number of hydrogen-bond donors (Lipinski definition) is 2. The van der Waals surface area contributed by atoms with Gasteiger partial charge in [0.1, 0.15) is 5.82 Å². The maximum atomic E-state index is 4.56. The van der Waals surface area contributed by atoms with E-state index in [1.165, 1.54) is 0 Å². The highest BCUT2D eigenvalue weighted by Crippen LogP contribution is 2.27. The van der Waals surface area contributed by atoms with Crippen LogP contribution in [0, 0.1) is 13.8 Å². The Morgan fingerprint density at radius 3 is 2.81 bits per heavy atom. The molecule has 2 N–H and O–H groups in total. The van der Waals surface area contributed by atoms with Gasteiger partial charge in [-0.25, -0.2) is 14.6 Å². The summed E-state index contributed by atoms with van der Waals surface area (Å²) in [5.74, 6) is 0.934. The van der Waals surface area contributed by atoms with Crippen molar-refractivity contribution >= 4 is 32.6 Å². The van der Waals surface area contributed by atoms with Gasteiger partial charge in [-0.3, -0.25) is 0 Å². The van der Waals surface area contributed by atoms with Gasteiger partial charge in [0.15, 0.2) is 10.8 Å². The lowest BCUT2D eigenvalue weighted by molar-refractivity contribution is 0.774. The summed E-state index contributed by atoms with van der Waals surface area (Å²) in [6, 6.07) is 3.99. The Morgan fingerprint density at radius 1 is 1.24 bits per heavy atom. The first-order chi connectivity index (χ1) is 10.1. The number of rotatable bonds is 5. The number of pyridine rings is 1. The molecule has 0 fully saturated rings. The molecule has 3 heterocycles. The third-order valence-corrected chi connectivity index (χ3v) is 4.36. The summed E-state index contributed by atoms with van der Waals surface area (Å²) in [5, 5.41) is 11.9. The minimum atomic E-state index is 0.794. The summed E-state index contributed by atoms with van der Waals surface area (Å²) in [7, 11) is 1.92. The van der Waals surface area contributed by atoms with Gasteiger partial charge in [-0.1, -0.05) is 17.4 Å². The van der Waals surface area contributed by atoms with Crippen LogP contribution in [0.4, 0.5) is 10.9 Å². The van der Waals surface area contributed by atoms with E-state index in [9.17, 15) is 0 Å². The molecule has 0 aliphatic carbocycles. The summed E-state index contributed by atoms with van der Waals surface area (Å²) in [6.07, 6.45) is 1.80. The Balaban J connectivity index is 1.57. The molecule has 0 saturated carbocycles. The summed E-state index contributed by atoms with van der Waals surface area (Å²) >= 11 is 1.65. The zero-order chi connectivity index (χ0) is 14.8. The van der Waals surface area contributed by atoms with Crippen LogP contribution in [0.2, 0.25) is 0 Å². The van der Waals surface area contributed by atoms with E-state index in [4.69, 9.17) is 0 Å². The van der Waals surface area contributed by atoms with Crippen LogP contribution in [0.3, 0.4) is 0 Å². The first-order valence-electron chi connectivity index (χ1n) is 6.84. The Kier molecular flexibility index (Phi) is 3.74. The van der Waals surface area contributed by atoms with Crippen LogP contribution in [0.25, 0.3) is 10.3 Å². The molecule has 3 aromatic heterocycles. The van der Waals surface area contributed by atoms with E-state index in [1.54, 1.807) is 17.5 Å². The topological polar surface area (TPSA) is 67.7 Å². The van der Waals surface area contributed by atoms with Crippen molar-refractivity contribution in [3.8, 4) is 0 Å². The molecule has 3 rings (SSSR count). The van der Waals surface area contributed by atoms with E-state index >= 15 is 0 Å². The van der Waals surface area contributed by atoms with E-state index in [0.717, 1.165) is 45.6 Å². The molecular formula is C14H18N6S. The van der Waals surface area contributed by atoms with E-state index in [-0.39, 0.29) is 0 Å². The van der Waals surface area contributed by atoms with Gasteiger partial charge in [0.25, 0.3) is 0 Å². The Hall–Kier alpha value is -2.15. The standard InChI is InChI=1S/C14H18N6S/c1-9-5-4-6-15-12(9)16-7-8-17-14-18-13-11(21-14)10(2)19-20(13)3/h4-6H,7-8H2,1-3H3,(H,15,16)(H,17,18).